The molecule has 2 heterocycles. The summed E-state index contributed by atoms with van der Waals surface area (Å²) in [6, 6.07) is 2.09. The third-order valence-electron chi connectivity index (χ3n) is 4.88. The van der Waals surface area contributed by atoms with Crippen molar-refractivity contribution in [1.29, 1.82) is 0 Å². The molecule has 0 unspecified atom stereocenters. The van der Waals surface area contributed by atoms with Gasteiger partial charge in [-0.1, -0.05) is 18.0 Å². The summed E-state index contributed by atoms with van der Waals surface area (Å²) in [5.41, 5.74) is 0.715. The number of nitrogens with zero attached hydrogens (tertiary/aromatic N) is 2. The molecule has 24 heavy (non-hydrogen) atoms. The highest BCUT2D eigenvalue weighted by Gasteiger charge is 2.29. The Bertz CT molecular complexity index is 580. The van der Waals surface area contributed by atoms with Crippen LogP contribution in [0, 0.1) is 12.8 Å². The van der Waals surface area contributed by atoms with Crippen LogP contribution in [-0.2, 0) is 11.3 Å². The Balaban J connectivity index is 1.46. The summed E-state index contributed by atoms with van der Waals surface area (Å²) in [6.07, 6.45) is 6.20. The van der Waals surface area contributed by atoms with E-state index in [0.29, 0.717) is 24.8 Å². The fourth-order valence-corrected chi connectivity index (χ4v) is 3.53. The van der Waals surface area contributed by atoms with Gasteiger partial charge in [0, 0.05) is 25.2 Å². The predicted molar refractivity (Wildman–Crippen MR) is 88.2 cm³/mol. The number of aromatic nitrogens is 1. The summed E-state index contributed by atoms with van der Waals surface area (Å²) in [7, 11) is 0. The molecule has 0 bridgehead atoms. The number of carbonyl (C=O) groups excluding carboxylic acids is 2. The van der Waals surface area contributed by atoms with Crippen LogP contribution < -0.4 is 10.6 Å². The lowest BCUT2D eigenvalue weighted by Gasteiger charge is -2.32. The monoisotopic (exact) mass is 334 g/mol. The Morgan fingerprint density at radius 1 is 1.29 bits per heavy atom. The first-order valence-corrected chi connectivity index (χ1v) is 8.87. The molecule has 2 N–H and O–H groups in total. The van der Waals surface area contributed by atoms with Gasteiger partial charge < -0.3 is 20.1 Å². The SMILES string of the molecule is Cc1cc(CNC(=O)[C@H]2CCCN(C(=O)NC3CCCC3)C2)no1. The third-order valence-corrected chi connectivity index (χ3v) is 4.88. The number of rotatable bonds is 4. The number of carbonyl (C=O) groups is 2. The first-order chi connectivity index (χ1) is 11.6. The molecule has 1 saturated carbocycles. The topological polar surface area (TPSA) is 87.5 Å². The predicted octanol–water partition coefficient (Wildman–Crippen LogP) is 1.96. The minimum atomic E-state index is -0.152. The van der Waals surface area contributed by atoms with Crippen molar-refractivity contribution in [3.63, 3.8) is 0 Å². The van der Waals surface area contributed by atoms with Crippen LogP contribution in [0.3, 0.4) is 0 Å². The minimum absolute atomic E-state index is 0.0194. The lowest BCUT2D eigenvalue weighted by atomic mass is 9.97. The molecule has 1 aliphatic carbocycles. The molecule has 1 saturated heterocycles. The van der Waals surface area contributed by atoms with E-state index >= 15 is 0 Å². The molecule has 0 radical (unpaired) electrons. The van der Waals surface area contributed by atoms with E-state index in [0.717, 1.165) is 38.0 Å². The number of likely N-dealkylation sites (tertiary alicyclic amines) is 1. The van der Waals surface area contributed by atoms with Gasteiger partial charge in [-0.3, -0.25) is 4.79 Å². The van der Waals surface area contributed by atoms with E-state index in [1.54, 1.807) is 4.90 Å². The van der Waals surface area contributed by atoms with Crippen LogP contribution in [0.2, 0.25) is 0 Å². The number of urea groups is 1. The van der Waals surface area contributed by atoms with Crippen LogP contribution in [0.15, 0.2) is 10.6 Å². The maximum atomic E-state index is 12.4. The summed E-state index contributed by atoms with van der Waals surface area (Å²) in [6.45, 7) is 3.40. The molecule has 3 rings (SSSR count). The summed E-state index contributed by atoms with van der Waals surface area (Å²) in [5.74, 6) is 0.557. The second kappa shape index (κ2) is 7.68. The lowest BCUT2D eigenvalue weighted by Crippen LogP contribution is -2.50. The van der Waals surface area contributed by atoms with Crippen molar-refractivity contribution in [1.82, 2.24) is 20.7 Å². The van der Waals surface area contributed by atoms with Crippen LogP contribution in [0.1, 0.15) is 50.0 Å². The fraction of sp³-hybridized carbons (Fsp3) is 0.706. The van der Waals surface area contributed by atoms with Crippen LogP contribution in [-0.4, -0.2) is 41.1 Å². The Kier molecular flexibility index (Phi) is 5.37. The van der Waals surface area contributed by atoms with Gasteiger partial charge in [-0.2, -0.15) is 0 Å². The van der Waals surface area contributed by atoms with Crippen LogP contribution in [0.4, 0.5) is 4.79 Å². The molecule has 1 aliphatic heterocycles. The smallest absolute Gasteiger partial charge is 0.317 e. The second-order valence-corrected chi connectivity index (χ2v) is 6.86. The molecular weight excluding hydrogens is 308 g/mol. The zero-order valence-corrected chi connectivity index (χ0v) is 14.2. The van der Waals surface area contributed by atoms with Gasteiger partial charge in [0.15, 0.2) is 0 Å². The van der Waals surface area contributed by atoms with E-state index in [4.69, 9.17) is 4.52 Å². The molecular formula is C17H26N4O3. The number of hydrogen-bond donors (Lipinski definition) is 2. The summed E-state index contributed by atoms with van der Waals surface area (Å²) >= 11 is 0. The largest absolute Gasteiger partial charge is 0.361 e. The van der Waals surface area contributed by atoms with Gasteiger partial charge in [-0.05, 0) is 32.6 Å². The molecule has 1 aromatic heterocycles. The number of piperidine rings is 1. The van der Waals surface area contributed by atoms with E-state index in [9.17, 15) is 9.59 Å². The summed E-state index contributed by atoms with van der Waals surface area (Å²) in [4.78, 5) is 26.5. The zero-order valence-electron chi connectivity index (χ0n) is 14.2. The van der Waals surface area contributed by atoms with Crippen molar-refractivity contribution in [2.75, 3.05) is 13.1 Å². The summed E-state index contributed by atoms with van der Waals surface area (Å²) in [5, 5.41) is 9.87. The van der Waals surface area contributed by atoms with E-state index < -0.39 is 0 Å². The Labute approximate surface area is 142 Å². The highest BCUT2D eigenvalue weighted by molar-refractivity contribution is 5.80. The average Bonchev–Trinajstić information content (AvgIpc) is 3.24. The van der Waals surface area contributed by atoms with Gasteiger partial charge in [-0.25, -0.2) is 4.79 Å². The van der Waals surface area contributed by atoms with Crippen LogP contribution in [0.25, 0.3) is 0 Å². The molecule has 7 nitrogen and oxygen atoms in total. The number of hydrogen-bond acceptors (Lipinski definition) is 4. The zero-order chi connectivity index (χ0) is 16.9. The van der Waals surface area contributed by atoms with E-state index in [1.807, 2.05) is 13.0 Å². The average molecular weight is 334 g/mol. The summed E-state index contributed by atoms with van der Waals surface area (Å²) < 4.78 is 4.99. The maximum Gasteiger partial charge on any atom is 0.317 e. The Morgan fingerprint density at radius 3 is 2.79 bits per heavy atom. The van der Waals surface area contributed by atoms with Crippen molar-refractivity contribution in [2.24, 2.45) is 5.92 Å². The van der Waals surface area contributed by atoms with Crippen molar-refractivity contribution < 1.29 is 14.1 Å². The lowest BCUT2D eigenvalue weighted by molar-refractivity contribution is -0.126. The minimum Gasteiger partial charge on any atom is -0.361 e. The van der Waals surface area contributed by atoms with Crippen molar-refractivity contribution >= 4 is 11.9 Å². The Hall–Kier alpha value is -2.05. The third kappa shape index (κ3) is 4.27. The first kappa shape index (κ1) is 16.8. The first-order valence-electron chi connectivity index (χ1n) is 8.87. The highest BCUT2D eigenvalue weighted by Crippen LogP contribution is 2.20. The van der Waals surface area contributed by atoms with Gasteiger partial charge in [0.1, 0.15) is 11.5 Å². The molecule has 1 atom stereocenters. The highest BCUT2D eigenvalue weighted by atomic mass is 16.5. The van der Waals surface area contributed by atoms with Crippen molar-refractivity contribution in [2.45, 2.75) is 58.0 Å². The quantitative estimate of drug-likeness (QED) is 0.881. The van der Waals surface area contributed by atoms with Gasteiger partial charge in [0.25, 0.3) is 0 Å². The van der Waals surface area contributed by atoms with E-state index in [1.165, 1.54) is 12.8 Å². The number of nitrogens with one attached hydrogen (secondary N) is 2. The van der Waals surface area contributed by atoms with Crippen LogP contribution >= 0.6 is 0 Å². The van der Waals surface area contributed by atoms with E-state index in [-0.39, 0.29) is 17.9 Å². The molecule has 0 spiro atoms. The van der Waals surface area contributed by atoms with Gasteiger partial charge in [0.05, 0.1) is 12.5 Å². The van der Waals surface area contributed by atoms with Crippen molar-refractivity contribution in [3.05, 3.63) is 17.5 Å². The normalized spacial score (nSPS) is 21.7. The number of amides is 3. The van der Waals surface area contributed by atoms with Gasteiger partial charge in [-0.15, -0.1) is 0 Å². The molecule has 132 valence electrons. The molecule has 2 fully saturated rings. The molecule has 0 aromatic carbocycles. The van der Waals surface area contributed by atoms with Crippen LogP contribution in [0.5, 0.6) is 0 Å². The van der Waals surface area contributed by atoms with Gasteiger partial charge >= 0.3 is 6.03 Å². The Morgan fingerprint density at radius 2 is 2.08 bits per heavy atom. The fourth-order valence-electron chi connectivity index (χ4n) is 3.53. The van der Waals surface area contributed by atoms with Crippen molar-refractivity contribution in [3.8, 4) is 0 Å². The molecule has 1 aromatic rings. The second-order valence-electron chi connectivity index (χ2n) is 6.86. The number of aryl methyl sites for hydroxylation is 1. The molecule has 2 aliphatic rings. The molecule has 7 heteroatoms. The molecule has 3 amide bonds. The van der Waals surface area contributed by atoms with E-state index in [2.05, 4.69) is 15.8 Å². The maximum absolute atomic E-state index is 12.4. The van der Waals surface area contributed by atoms with Gasteiger partial charge in [0.2, 0.25) is 5.91 Å². The standard InChI is InChI=1S/C17H26N4O3/c1-12-9-15(20-24-12)10-18-16(22)13-5-4-8-21(11-13)17(23)19-14-6-2-3-7-14/h9,13-14H,2-8,10-11H2,1H3,(H,18,22)(H,19,23)/t13-/m0/s1.